The van der Waals surface area contributed by atoms with Crippen molar-refractivity contribution in [3.05, 3.63) is 59.7 Å². The monoisotopic (exact) mass is 446 g/mol. The summed E-state index contributed by atoms with van der Waals surface area (Å²) in [5, 5.41) is 18.4. The van der Waals surface area contributed by atoms with Crippen molar-refractivity contribution in [2.75, 3.05) is 5.32 Å². The normalized spacial score (nSPS) is 14.3. The van der Waals surface area contributed by atoms with E-state index in [1.807, 2.05) is 42.5 Å². The third-order valence-corrected chi connectivity index (χ3v) is 5.89. The van der Waals surface area contributed by atoms with Gasteiger partial charge in [0.15, 0.2) is 0 Å². The molecule has 172 valence electrons. The fourth-order valence-corrected chi connectivity index (χ4v) is 3.99. The zero-order chi connectivity index (χ0) is 23.4. The third kappa shape index (κ3) is 5.63. The molecular formula is C25H30N6O2. The molecule has 0 spiro atoms. The van der Waals surface area contributed by atoms with Crippen molar-refractivity contribution in [3.63, 3.8) is 0 Å². The maximum atomic E-state index is 12.8. The second-order valence-corrected chi connectivity index (χ2v) is 9.52. The van der Waals surface area contributed by atoms with Crippen LogP contribution in [0.1, 0.15) is 62.4 Å². The lowest BCUT2D eigenvalue weighted by molar-refractivity contribution is -0.122. The minimum atomic E-state index is -0.216. The molecule has 2 amide bonds. The summed E-state index contributed by atoms with van der Waals surface area (Å²) in [6.07, 6.45) is 4.35. The first kappa shape index (κ1) is 22.6. The zero-order valence-corrected chi connectivity index (χ0v) is 19.3. The minimum absolute atomic E-state index is 0.0121. The molecule has 3 aromatic rings. The molecule has 2 aromatic carbocycles. The van der Waals surface area contributed by atoms with E-state index in [2.05, 4.69) is 46.8 Å². The van der Waals surface area contributed by atoms with Crippen LogP contribution < -0.4 is 10.6 Å². The van der Waals surface area contributed by atoms with E-state index >= 15 is 0 Å². The number of anilines is 1. The van der Waals surface area contributed by atoms with Crippen molar-refractivity contribution in [3.8, 4) is 11.4 Å². The molecule has 1 aliphatic carbocycles. The number of hydrogen-bond donors (Lipinski definition) is 2. The summed E-state index contributed by atoms with van der Waals surface area (Å²) in [4.78, 5) is 26.4. The molecule has 2 N–H and O–H groups in total. The van der Waals surface area contributed by atoms with E-state index in [1.54, 1.807) is 6.07 Å². The van der Waals surface area contributed by atoms with Gasteiger partial charge in [0.25, 0.3) is 5.91 Å². The van der Waals surface area contributed by atoms with Gasteiger partial charge in [-0.25, -0.2) is 0 Å². The van der Waals surface area contributed by atoms with Crippen LogP contribution in [0.2, 0.25) is 0 Å². The Morgan fingerprint density at radius 3 is 2.42 bits per heavy atom. The summed E-state index contributed by atoms with van der Waals surface area (Å²) in [5.74, 6) is 0.0139. The second kappa shape index (κ2) is 9.52. The molecule has 0 atom stereocenters. The average molecular weight is 447 g/mol. The molecule has 8 heteroatoms. The van der Waals surface area contributed by atoms with E-state index in [4.69, 9.17) is 0 Å². The molecule has 0 unspecified atom stereocenters. The van der Waals surface area contributed by atoms with Gasteiger partial charge in [-0.2, -0.15) is 4.80 Å². The van der Waals surface area contributed by atoms with Crippen molar-refractivity contribution >= 4 is 17.5 Å². The number of amides is 2. The van der Waals surface area contributed by atoms with Crippen molar-refractivity contribution in [2.24, 2.45) is 0 Å². The number of nitrogens with zero attached hydrogens (tertiary/aromatic N) is 4. The van der Waals surface area contributed by atoms with Gasteiger partial charge in [0.05, 0.1) is 5.69 Å². The van der Waals surface area contributed by atoms with Crippen molar-refractivity contribution in [1.29, 1.82) is 0 Å². The molecule has 0 aliphatic heterocycles. The smallest absolute Gasteiger partial charge is 0.255 e. The molecule has 1 aromatic heterocycles. The number of carbonyl (C=O) groups is 2. The van der Waals surface area contributed by atoms with Gasteiger partial charge in [0.1, 0.15) is 6.54 Å². The number of hydrogen-bond acceptors (Lipinski definition) is 5. The van der Waals surface area contributed by atoms with Crippen LogP contribution in [-0.2, 0) is 16.8 Å². The van der Waals surface area contributed by atoms with Gasteiger partial charge in [0, 0.05) is 17.2 Å². The minimum Gasteiger partial charge on any atom is -0.352 e. The fraction of sp³-hybridized carbons (Fsp3) is 0.400. The highest BCUT2D eigenvalue weighted by Crippen LogP contribution is 2.26. The van der Waals surface area contributed by atoms with Crippen LogP contribution in [0.15, 0.2) is 48.5 Å². The number of para-hydroxylation sites is 1. The first-order chi connectivity index (χ1) is 15.8. The summed E-state index contributed by atoms with van der Waals surface area (Å²) in [7, 11) is 0. The van der Waals surface area contributed by atoms with Crippen LogP contribution in [-0.4, -0.2) is 38.1 Å². The molecular weight excluding hydrogens is 416 g/mol. The third-order valence-electron chi connectivity index (χ3n) is 5.89. The molecule has 1 aliphatic rings. The predicted molar refractivity (Wildman–Crippen MR) is 127 cm³/mol. The second-order valence-electron chi connectivity index (χ2n) is 9.52. The molecule has 8 nitrogen and oxygen atoms in total. The molecule has 0 radical (unpaired) electrons. The van der Waals surface area contributed by atoms with Gasteiger partial charge in [0.2, 0.25) is 11.7 Å². The highest BCUT2D eigenvalue weighted by atomic mass is 16.2. The van der Waals surface area contributed by atoms with Gasteiger partial charge >= 0.3 is 0 Å². The average Bonchev–Trinajstić information content (AvgIpc) is 3.46. The molecule has 1 saturated carbocycles. The lowest BCUT2D eigenvalue weighted by atomic mass is 9.86. The Bertz CT molecular complexity index is 1120. The maximum Gasteiger partial charge on any atom is 0.255 e. The lowest BCUT2D eigenvalue weighted by Crippen LogP contribution is -2.35. The Morgan fingerprint density at radius 2 is 1.73 bits per heavy atom. The van der Waals surface area contributed by atoms with Crippen molar-refractivity contribution in [1.82, 2.24) is 25.5 Å². The largest absolute Gasteiger partial charge is 0.352 e. The Morgan fingerprint density at radius 1 is 1.03 bits per heavy atom. The Labute approximate surface area is 193 Å². The summed E-state index contributed by atoms with van der Waals surface area (Å²) >= 11 is 0. The van der Waals surface area contributed by atoms with Gasteiger partial charge in [-0.3, -0.25) is 9.59 Å². The van der Waals surface area contributed by atoms with Gasteiger partial charge in [-0.05, 0) is 53.3 Å². The quantitative estimate of drug-likeness (QED) is 0.597. The first-order valence-electron chi connectivity index (χ1n) is 11.4. The molecule has 0 saturated heterocycles. The van der Waals surface area contributed by atoms with Crippen LogP contribution in [0, 0.1) is 0 Å². The number of benzene rings is 2. The Balaban J connectivity index is 1.45. The molecule has 4 rings (SSSR count). The summed E-state index contributed by atoms with van der Waals surface area (Å²) < 4.78 is 0. The molecule has 33 heavy (non-hydrogen) atoms. The SMILES string of the molecule is CC(C)(C)c1ccc(C(=O)Nc2ccccc2-c2nnn(CC(=O)NC3CCCC3)n2)cc1. The fourth-order valence-electron chi connectivity index (χ4n) is 3.99. The van der Waals surface area contributed by atoms with E-state index in [1.165, 1.54) is 4.80 Å². The van der Waals surface area contributed by atoms with Crippen LogP contribution in [0.3, 0.4) is 0 Å². The van der Waals surface area contributed by atoms with Crippen LogP contribution in [0.25, 0.3) is 11.4 Å². The highest BCUT2D eigenvalue weighted by Gasteiger charge is 2.19. The van der Waals surface area contributed by atoms with Crippen molar-refractivity contribution < 1.29 is 9.59 Å². The molecule has 1 fully saturated rings. The van der Waals surface area contributed by atoms with Gasteiger partial charge in [-0.1, -0.05) is 57.9 Å². The van der Waals surface area contributed by atoms with E-state index < -0.39 is 0 Å². The standard InChI is InChI=1S/C25H30N6O2/c1-25(2,3)18-14-12-17(13-15-18)24(33)27-21-11-7-6-10-20(21)23-28-30-31(29-23)16-22(32)26-19-8-4-5-9-19/h6-7,10-15,19H,4-5,8-9,16H2,1-3H3,(H,26,32)(H,27,33). The number of nitrogens with one attached hydrogen (secondary N) is 2. The van der Waals surface area contributed by atoms with Gasteiger partial charge < -0.3 is 10.6 Å². The van der Waals surface area contributed by atoms with E-state index in [0.29, 0.717) is 22.6 Å². The van der Waals surface area contributed by atoms with E-state index in [-0.39, 0.29) is 29.8 Å². The Hall–Kier alpha value is -3.55. The summed E-state index contributed by atoms with van der Waals surface area (Å²) in [5.41, 5.74) is 2.97. The number of aromatic nitrogens is 4. The maximum absolute atomic E-state index is 12.8. The molecule has 1 heterocycles. The van der Waals surface area contributed by atoms with Crippen LogP contribution >= 0.6 is 0 Å². The molecule has 0 bridgehead atoms. The van der Waals surface area contributed by atoms with E-state index in [9.17, 15) is 9.59 Å². The van der Waals surface area contributed by atoms with Gasteiger partial charge in [-0.15, -0.1) is 10.2 Å². The lowest BCUT2D eigenvalue weighted by Gasteiger charge is -2.19. The number of tetrazole rings is 1. The predicted octanol–water partition coefficient (Wildman–Crippen LogP) is 3.95. The zero-order valence-electron chi connectivity index (χ0n) is 19.3. The topological polar surface area (TPSA) is 102 Å². The van der Waals surface area contributed by atoms with E-state index in [0.717, 1.165) is 31.2 Å². The van der Waals surface area contributed by atoms with Crippen molar-refractivity contribution in [2.45, 2.75) is 64.5 Å². The summed E-state index contributed by atoms with van der Waals surface area (Å²) in [6, 6.07) is 15.1. The highest BCUT2D eigenvalue weighted by molar-refractivity contribution is 6.06. The summed E-state index contributed by atoms with van der Waals surface area (Å²) in [6.45, 7) is 6.42. The first-order valence-corrected chi connectivity index (χ1v) is 11.4. The number of rotatable bonds is 6. The number of carbonyl (C=O) groups excluding carboxylic acids is 2. The van der Waals surface area contributed by atoms with Crippen LogP contribution in [0.5, 0.6) is 0 Å². The van der Waals surface area contributed by atoms with Crippen LogP contribution in [0.4, 0.5) is 5.69 Å². The Kier molecular flexibility index (Phi) is 6.53.